The molecule has 2 unspecified atom stereocenters. The molecule has 0 fully saturated rings. The van der Waals surface area contributed by atoms with Gasteiger partial charge < -0.3 is 15.2 Å². The van der Waals surface area contributed by atoms with E-state index >= 15 is 0 Å². The number of benzene rings is 1. The minimum absolute atomic E-state index is 0.0411. The molecule has 4 nitrogen and oxygen atoms in total. The van der Waals surface area contributed by atoms with Gasteiger partial charge >= 0.3 is 0 Å². The van der Waals surface area contributed by atoms with Crippen molar-refractivity contribution >= 4 is 12.0 Å². The Kier molecular flexibility index (Phi) is 4.79. The monoisotopic (exact) mass is 275 g/mol. The normalized spacial score (nSPS) is 16.6. The Morgan fingerprint density at radius 2 is 2.30 bits per heavy atom. The molecule has 0 saturated heterocycles. The summed E-state index contributed by atoms with van der Waals surface area (Å²) in [6, 6.07) is 5.88. The summed E-state index contributed by atoms with van der Waals surface area (Å²) in [6.45, 7) is 4.33. The van der Waals surface area contributed by atoms with Crippen molar-refractivity contribution in [3.63, 3.8) is 0 Å². The molecule has 108 valence electrons. The highest BCUT2D eigenvalue weighted by Gasteiger charge is 2.11. The number of hydrogen-bond donors (Lipinski definition) is 2. The second-order valence-corrected chi connectivity index (χ2v) is 5.29. The summed E-state index contributed by atoms with van der Waals surface area (Å²) in [5.41, 5.74) is 2.18. The van der Waals surface area contributed by atoms with Crippen LogP contribution in [0.1, 0.15) is 31.4 Å². The van der Waals surface area contributed by atoms with E-state index < -0.39 is 6.10 Å². The van der Waals surface area contributed by atoms with Gasteiger partial charge in [-0.2, -0.15) is 0 Å². The Morgan fingerprint density at radius 1 is 1.50 bits per heavy atom. The molecule has 1 aromatic carbocycles. The third kappa shape index (κ3) is 4.10. The van der Waals surface area contributed by atoms with Gasteiger partial charge in [-0.15, -0.1) is 0 Å². The van der Waals surface area contributed by atoms with Gasteiger partial charge in [0.1, 0.15) is 5.75 Å². The number of aliphatic hydroxyl groups is 1. The number of nitrogens with one attached hydrogen (secondary N) is 1. The lowest BCUT2D eigenvalue weighted by molar-refractivity contribution is -0.117. The van der Waals surface area contributed by atoms with Crippen molar-refractivity contribution in [2.45, 2.75) is 38.8 Å². The van der Waals surface area contributed by atoms with E-state index in [9.17, 15) is 9.90 Å². The predicted octanol–water partition coefficient (Wildman–Crippen LogP) is 1.91. The highest BCUT2D eigenvalue weighted by molar-refractivity contribution is 5.91. The molecule has 0 bridgehead atoms. The zero-order chi connectivity index (χ0) is 14.5. The molecule has 4 heteroatoms. The molecule has 0 spiro atoms. The quantitative estimate of drug-likeness (QED) is 0.807. The minimum atomic E-state index is -0.411. The largest absolute Gasteiger partial charge is 0.493 e. The third-order valence-corrected chi connectivity index (χ3v) is 3.22. The van der Waals surface area contributed by atoms with Crippen molar-refractivity contribution in [1.29, 1.82) is 0 Å². The fourth-order valence-electron chi connectivity index (χ4n) is 2.34. The van der Waals surface area contributed by atoms with Crippen LogP contribution in [-0.4, -0.2) is 29.8 Å². The van der Waals surface area contributed by atoms with E-state index in [2.05, 4.69) is 5.32 Å². The lowest BCUT2D eigenvalue weighted by atomic mass is 10.1. The molecule has 1 amide bonds. The fourth-order valence-corrected chi connectivity index (χ4v) is 2.34. The average Bonchev–Trinajstić information content (AvgIpc) is 2.82. The Morgan fingerprint density at radius 3 is 3.05 bits per heavy atom. The van der Waals surface area contributed by atoms with E-state index in [1.54, 1.807) is 13.0 Å². The van der Waals surface area contributed by atoms with E-state index in [4.69, 9.17) is 4.74 Å². The number of hydrogen-bond acceptors (Lipinski definition) is 3. The first kappa shape index (κ1) is 14.6. The number of rotatable bonds is 5. The summed E-state index contributed by atoms with van der Waals surface area (Å²) in [5, 5.41) is 12.1. The van der Waals surface area contributed by atoms with Gasteiger partial charge in [0.05, 0.1) is 12.7 Å². The molecule has 1 heterocycles. The van der Waals surface area contributed by atoms with Crippen molar-refractivity contribution in [3.8, 4) is 5.75 Å². The first-order chi connectivity index (χ1) is 9.54. The van der Waals surface area contributed by atoms with Crippen molar-refractivity contribution in [1.82, 2.24) is 5.32 Å². The van der Waals surface area contributed by atoms with Gasteiger partial charge in [0.2, 0.25) is 5.91 Å². The van der Waals surface area contributed by atoms with E-state index in [0.29, 0.717) is 6.42 Å². The van der Waals surface area contributed by atoms with Crippen LogP contribution in [0, 0.1) is 0 Å². The lowest BCUT2D eigenvalue weighted by Crippen LogP contribution is -2.33. The number of carbonyl (C=O) groups excluding carboxylic acids is 1. The van der Waals surface area contributed by atoms with Crippen LogP contribution in [-0.2, 0) is 11.2 Å². The number of carbonyl (C=O) groups is 1. The van der Waals surface area contributed by atoms with Crippen LogP contribution in [0.4, 0.5) is 0 Å². The van der Waals surface area contributed by atoms with Gasteiger partial charge in [-0.3, -0.25) is 4.79 Å². The summed E-state index contributed by atoms with van der Waals surface area (Å²) in [7, 11) is 0. The highest BCUT2D eigenvalue weighted by Crippen LogP contribution is 2.26. The molecule has 1 aromatic rings. The van der Waals surface area contributed by atoms with Gasteiger partial charge in [-0.1, -0.05) is 6.07 Å². The topological polar surface area (TPSA) is 58.6 Å². The minimum Gasteiger partial charge on any atom is -0.493 e. The van der Waals surface area contributed by atoms with Gasteiger partial charge in [0.25, 0.3) is 0 Å². The van der Waals surface area contributed by atoms with Crippen molar-refractivity contribution < 1.29 is 14.6 Å². The molecular formula is C16H21NO3. The molecule has 1 aliphatic heterocycles. The standard InChI is InChI=1S/C16H21NO3/c1-11(9-12(2)18)17-16(19)6-4-13-3-5-15-14(10-13)7-8-20-15/h3-6,10-12,18H,7-9H2,1-2H3,(H,17,19)/b6-4+. The molecule has 0 radical (unpaired) electrons. The summed E-state index contributed by atoms with van der Waals surface area (Å²) in [4.78, 5) is 11.7. The molecule has 0 saturated carbocycles. The van der Waals surface area contributed by atoms with Crippen LogP contribution < -0.4 is 10.1 Å². The third-order valence-electron chi connectivity index (χ3n) is 3.22. The maximum atomic E-state index is 11.7. The molecule has 0 aromatic heterocycles. The first-order valence-corrected chi connectivity index (χ1v) is 6.97. The fraction of sp³-hybridized carbons (Fsp3) is 0.438. The first-order valence-electron chi connectivity index (χ1n) is 6.97. The number of fused-ring (bicyclic) bond motifs is 1. The Labute approximate surface area is 119 Å². The van der Waals surface area contributed by atoms with Crippen LogP contribution in [0.15, 0.2) is 24.3 Å². The summed E-state index contributed by atoms with van der Waals surface area (Å²) in [5.74, 6) is 0.798. The molecule has 0 aliphatic carbocycles. The molecule has 2 atom stereocenters. The van der Waals surface area contributed by atoms with Crippen molar-refractivity contribution in [2.24, 2.45) is 0 Å². The predicted molar refractivity (Wildman–Crippen MR) is 78.6 cm³/mol. The van der Waals surface area contributed by atoms with Gasteiger partial charge in [-0.25, -0.2) is 0 Å². The summed E-state index contributed by atoms with van der Waals surface area (Å²) in [6.07, 6.45) is 4.38. The Balaban J connectivity index is 1.90. The van der Waals surface area contributed by atoms with Crippen LogP contribution >= 0.6 is 0 Å². The highest BCUT2D eigenvalue weighted by atomic mass is 16.5. The van der Waals surface area contributed by atoms with Gasteiger partial charge in [-0.05, 0) is 49.6 Å². The Hall–Kier alpha value is -1.81. The molecular weight excluding hydrogens is 254 g/mol. The summed E-state index contributed by atoms with van der Waals surface area (Å²) >= 11 is 0. The van der Waals surface area contributed by atoms with Gasteiger partial charge in [0, 0.05) is 18.5 Å². The van der Waals surface area contributed by atoms with Crippen LogP contribution in [0.2, 0.25) is 0 Å². The molecule has 2 rings (SSSR count). The SMILES string of the molecule is CC(O)CC(C)NC(=O)/C=C/c1ccc2c(c1)CCO2. The van der Waals surface area contributed by atoms with E-state index in [0.717, 1.165) is 24.3 Å². The van der Waals surface area contributed by atoms with E-state index in [1.807, 2.05) is 25.1 Å². The molecule has 1 aliphatic rings. The van der Waals surface area contributed by atoms with Crippen molar-refractivity contribution in [2.75, 3.05) is 6.61 Å². The maximum Gasteiger partial charge on any atom is 0.244 e. The second-order valence-electron chi connectivity index (χ2n) is 5.29. The van der Waals surface area contributed by atoms with Crippen molar-refractivity contribution in [3.05, 3.63) is 35.4 Å². The lowest BCUT2D eigenvalue weighted by Gasteiger charge is -2.13. The molecule has 20 heavy (non-hydrogen) atoms. The zero-order valence-corrected chi connectivity index (χ0v) is 11.9. The van der Waals surface area contributed by atoms with E-state index in [1.165, 1.54) is 11.6 Å². The second kappa shape index (κ2) is 6.57. The van der Waals surface area contributed by atoms with E-state index in [-0.39, 0.29) is 11.9 Å². The van der Waals surface area contributed by atoms with Crippen LogP contribution in [0.3, 0.4) is 0 Å². The number of aliphatic hydroxyl groups excluding tert-OH is 1. The van der Waals surface area contributed by atoms with Crippen LogP contribution in [0.25, 0.3) is 6.08 Å². The van der Waals surface area contributed by atoms with Gasteiger partial charge in [0.15, 0.2) is 0 Å². The summed E-state index contributed by atoms with van der Waals surface area (Å²) < 4.78 is 5.44. The average molecular weight is 275 g/mol. The van der Waals surface area contributed by atoms with Crippen LogP contribution in [0.5, 0.6) is 5.75 Å². The Bertz CT molecular complexity index is 508. The zero-order valence-electron chi connectivity index (χ0n) is 11.9. The molecule has 2 N–H and O–H groups in total. The number of amides is 1. The maximum absolute atomic E-state index is 11.7. The number of ether oxygens (including phenoxy) is 1. The smallest absolute Gasteiger partial charge is 0.244 e.